The van der Waals surface area contributed by atoms with Crippen molar-refractivity contribution in [2.24, 2.45) is 5.92 Å². The number of thiol groups is 1. The first-order valence-corrected chi connectivity index (χ1v) is 3.26. The van der Waals surface area contributed by atoms with Gasteiger partial charge in [-0.3, -0.25) is 0 Å². The third-order valence-electron chi connectivity index (χ3n) is 0.693. The Morgan fingerprint density at radius 1 is 1.25 bits per heavy atom. The van der Waals surface area contributed by atoms with Crippen LogP contribution in [0.2, 0.25) is 0 Å². The Morgan fingerprint density at radius 2 is 1.88 bits per heavy atom. The fourth-order valence-corrected chi connectivity index (χ4v) is 0.435. The van der Waals surface area contributed by atoms with Crippen LogP contribution in [0.15, 0.2) is 23.6 Å². The third-order valence-corrected chi connectivity index (χ3v) is 0.865. The number of hydrogen-bond acceptors (Lipinski definition) is 1. The van der Waals surface area contributed by atoms with Gasteiger partial charge < -0.3 is 0 Å². The van der Waals surface area contributed by atoms with Gasteiger partial charge in [-0.05, 0) is 11.3 Å². The molecule has 1 heteroatoms. The smallest absolute Gasteiger partial charge is 0.0287 e. The van der Waals surface area contributed by atoms with Crippen LogP contribution >= 0.6 is 12.6 Å². The quantitative estimate of drug-likeness (QED) is 0.429. The van der Waals surface area contributed by atoms with Crippen LogP contribution in [0, 0.1) is 5.92 Å². The molecule has 46 valence electrons. The van der Waals surface area contributed by atoms with Crippen molar-refractivity contribution >= 4 is 12.6 Å². The van der Waals surface area contributed by atoms with Gasteiger partial charge in [0, 0.05) is 0 Å². The Labute approximate surface area is 56.7 Å². The number of allylic oxidation sites excluding steroid dienone is 3. The van der Waals surface area contributed by atoms with Crippen LogP contribution in [0.1, 0.15) is 13.8 Å². The molecule has 0 aromatic heterocycles. The van der Waals surface area contributed by atoms with Crippen LogP contribution in [0.4, 0.5) is 0 Å². The Bertz CT molecular complexity index is 90.6. The van der Waals surface area contributed by atoms with Crippen molar-refractivity contribution in [2.45, 2.75) is 13.8 Å². The molecule has 0 fully saturated rings. The lowest BCUT2D eigenvalue weighted by Crippen LogP contribution is -1.73. The highest BCUT2D eigenvalue weighted by molar-refractivity contribution is 7.83. The first-order chi connectivity index (χ1) is 3.77. The van der Waals surface area contributed by atoms with Gasteiger partial charge in [0.05, 0.1) is 0 Å². The molecule has 0 N–H and O–H groups in total. The van der Waals surface area contributed by atoms with E-state index in [-0.39, 0.29) is 0 Å². The van der Waals surface area contributed by atoms with E-state index in [1.165, 1.54) is 0 Å². The summed E-state index contributed by atoms with van der Waals surface area (Å²) < 4.78 is 0. The Morgan fingerprint density at radius 3 is 2.25 bits per heavy atom. The normalized spacial score (nSPS) is 12.5. The first-order valence-electron chi connectivity index (χ1n) is 2.75. The van der Waals surface area contributed by atoms with Crippen molar-refractivity contribution < 1.29 is 0 Å². The topological polar surface area (TPSA) is 0 Å². The zero-order chi connectivity index (χ0) is 6.41. The summed E-state index contributed by atoms with van der Waals surface area (Å²) in [6, 6.07) is 0. The molecular formula is C7H12S. The van der Waals surface area contributed by atoms with Crippen molar-refractivity contribution in [3.05, 3.63) is 23.6 Å². The van der Waals surface area contributed by atoms with E-state index in [2.05, 4.69) is 32.6 Å². The molecule has 0 nitrogen and oxygen atoms in total. The molecule has 0 unspecified atom stereocenters. The molecule has 0 aromatic carbocycles. The van der Waals surface area contributed by atoms with Crippen molar-refractivity contribution in [1.29, 1.82) is 0 Å². The second-order valence-electron chi connectivity index (χ2n) is 1.97. The molecule has 0 aliphatic rings. The van der Waals surface area contributed by atoms with Gasteiger partial charge in [0.15, 0.2) is 0 Å². The van der Waals surface area contributed by atoms with Gasteiger partial charge >= 0.3 is 0 Å². The van der Waals surface area contributed by atoms with Crippen LogP contribution in [0.25, 0.3) is 0 Å². The summed E-state index contributed by atoms with van der Waals surface area (Å²) in [6.07, 6.45) is 6.02. The lowest BCUT2D eigenvalue weighted by Gasteiger charge is -1.87. The van der Waals surface area contributed by atoms with E-state index >= 15 is 0 Å². The molecule has 0 amide bonds. The summed E-state index contributed by atoms with van der Waals surface area (Å²) >= 11 is 3.89. The summed E-state index contributed by atoms with van der Waals surface area (Å²) in [5, 5.41) is 1.72. The van der Waals surface area contributed by atoms with Gasteiger partial charge in [0.1, 0.15) is 0 Å². The third kappa shape index (κ3) is 5.83. The molecule has 0 rings (SSSR count). The Hall–Kier alpha value is -0.170. The molecule has 0 atom stereocenters. The molecule has 0 aliphatic heterocycles. The fraction of sp³-hybridized carbons (Fsp3) is 0.429. The van der Waals surface area contributed by atoms with Gasteiger partial charge in [-0.1, -0.05) is 32.1 Å². The second-order valence-corrected chi connectivity index (χ2v) is 2.27. The monoisotopic (exact) mass is 128 g/mol. The maximum Gasteiger partial charge on any atom is -0.0287 e. The second kappa shape index (κ2) is 4.98. The number of hydrogen-bond donors (Lipinski definition) is 1. The van der Waals surface area contributed by atoms with Crippen LogP contribution in [-0.4, -0.2) is 0 Å². The van der Waals surface area contributed by atoms with Crippen molar-refractivity contribution in [3.63, 3.8) is 0 Å². The highest BCUT2D eigenvalue weighted by Crippen LogP contribution is 1.93. The molecule has 0 saturated carbocycles. The predicted molar refractivity (Wildman–Crippen MR) is 42.1 cm³/mol. The maximum absolute atomic E-state index is 3.89. The summed E-state index contributed by atoms with van der Waals surface area (Å²) in [5.74, 6) is 0.638. The maximum atomic E-state index is 3.89. The highest BCUT2D eigenvalue weighted by atomic mass is 32.1. The zero-order valence-corrected chi connectivity index (χ0v) is 6.23. The fourth-order valence-electron chi connectivity index (χ4n) is 0.336. The average Bonchev–Trinajstić information content (AvgIpc) is 1.66. The van der Waals surface area contributed by atoms with E-state index in [9.17, 15) is 0 Å². The molecule has 0 spiro atoms. The largest absolute Gasteiger partial charge is 0.151 e. The van der Waals surface area contributed by atoms with E-state index in [1.807, 2.05) is 12.2 Å². The van der Waals surface area contributed by atoms with Gasteiger partial charge in [-0.25, -0.2) is 0 Å². The molecule has 0 heterocycles. The SMILES string of the molecule is CC(C)/C=C\C=C/S. The number of rotatable bonds is 2. The van der Waals surface area contributed by atoms with E-state index in [4.69, 9.17) is 0 Å². The highest BCUT2D eigenvalue weighted by Gasteiger charge is 1.77. The van der Waals surface area contributed by atoms with E-state index in [0.717, 1.165) is 0 Å². The molecule has 0 aliphatic carbocycles. The van der Waals surface area contributed by atoms with Gasteiger partial charge in [0.2, 0.25) is 0 Å². The van der Waals surface area contributed by atoms with Crippen molar-refractivity contribution in [1.82, 2.24) is 0 Å². The van der Waals surface area contributed by atoms with E-state index in [0.29, 0.717) is 5.92 Å². The molecule has 0 radical (unpaired) electrons. The van der Waals surface area contributed by atoms with Gasteiger partial charge in [0.25, 0.3) is 0 Å². The van der Waals surface area contributed by atoms with Crippen LogP contribution in [-0.2, 0) is 0 Å². The molecular weight excluding hydrogens is 116 g/mol. The van der Waals surface area contributed by atoms with Crippen molar-refractivity contribution in [3.8, 4) is 0 Å². The Balaban J connectivity index is 3.34. The minimum atomic E-state index is 0.638. The predicted octanol–water partition coefficient (Wildman–Crippen LogP) is 2.64. The summed E-state index contributed by atoms with van der Waals surface area (Å²) in [7, 11) is 0. The standard InChI is InChI=1S/C7H12S/c1-7(2)5-3-4-6-8/h3-8H,1-2H3/b5-3-,6-4-. The minimum Gasteiger partial charge on any atom is -0.151 e. The molecule has 8 heavy (non-hydrogen) atoms. The molecule has 0 aromatic rings. The summed E-state index contributed by atoms with van der Waals surface area (Å²) in [5.41, 5.74) is 0. The van der Waals surface area contributed by atoms with Crippen LogP contribution < -0.4 is 0 Å². The van der Waals surface area contributed by atoms with Crippen molar-refractivity contribution in [2.75, 3.05) is 0 Å². The summed E-state index contributed by atoms with van der Waals surface area (Å²) in [6.45, 7) is 4.28. The van der Waals surface area contributed by atoms with E-state index < -0.39 is 0 Å². The Kier molecular flexibility index (Phi) is 4.87. The lowest BCUT2D eigenvalue weighted by molar-refractivity contribution is 0.832. The molecule has 0 saturated heterocycles. The van der Waals surface area contributed by atoms with Gasteiger partial charge in [-0.2, -0.15) is 12.6 Å². The van der Waals surface area contributed by atoms with Crippen LogP contribution in [0.3, 0.4) is 0 Å². The van der Waals surface area contributed by atoms with Crippen LogP contribution in [0.5, 0.6) is 0 Å². The van der Waals surface area contributed by atoms with Gasteiger partial charge in [-0.15, -0.1) is 0 Å². The zero-order valence-electron chi connectivity index (χ0n) is 5.33. The molecule has 0 bridgehead atoms. The average molecular weight is 128 g/mol. The van der Waals surface area contributed by atoms with E-state index in [1.54, 1.807) is 5.41 Å². The summed E-state index contributed by atoms with van der Waals surface area (Å²) in [4.78, 5) is 0. The minimum absolute atomic E-state index is 0.638. The lowest BCUT2D eigenvalue weighted by atomic mass is 10.2. The first kappa shape index (κ1) is 7.83.